The van der Waals surface area contributed by atoms with Gasteiger partial charge >= 0.3 is 0 Å². The SMILES string of the molecule is CCCCOCC1COC(C2OCC(CO)O2)O1. The highest BCUT2D eigenvalue weighted by Crippen LogP contribution is 2.23. The molecule has 0 saturated carbocycles. The molecule has 0 radical (unpaired) electrons. The quantitative estimate of drug-likeness (QED) is 0.665. The van der Waals surface area contributed by atoms with Crippen LogP contribution in [0.5, 0.6) is 0 Å². The number of aliphatic hydroxyl groups excluding tert-OH is 1. The van der Waals surface area contributed by atoms with Crippen molar-refractivity contribution in [2.75, 3.05) is 33.0 Å². The highest BCUT2D eigenvalue weighted by molar-refractivity contribution is 4.72. The van der Waals surface area contributed by atoms with Crippen molar-refractivity contribution in [3.63, 3.8) is 0 Å². The average Bonchev–Trinajstić information content (AvgIpc) is 3.03. The molecule has 0 aliphatic carbocycles. The largest absolute Gasteiger partial charge is 0.394 e. The third-order valence-electron chi connectivity index (χ3n) is 2.92. The lowest BCUT2D eigenvalue weighted by atomic mass is 10.3. The van der Waals surface area contributed by atoms with Crippen LogP contribution in [0, 0.1) is 0 Å². The van der Waals surface area contributed by atoms with Crippen molar-refractivity contribution in [2.45, 2.75) is 44.6 Å². The summed E-state index contributed by atoms with van der Waals surface area (Å²) in [6, 6.07) is 0. The molecule has 0 spiro atoms. The first-order chi connectivity index (χ1) is 8.83. The van der Waals surface area contributed by atoms with E-state index in [9.17, 15) is 0 Å². The monoisotopic (exact) mass is 262 g/mol. The fourth-order valence-electron chi connectivity index (χ4n) is 1.87. The molecule has 2 aliphatic heterocycles. The summed E-state index contributed by atoms with van der Waals surface area (Å²) in [5.74, 6) is 0. The molecule has 0 amide bonds. The van der Waals surface area contributed by atoms with Crippen LogP contribution in [0.1, 0.15) is 19.8 Å². The Bertz CT molecular complexity index is 237. The predicted octanol–water partition coefficient (Wildman–Crippen LogP) is 0.278. The summed E-state index contributed by atoms with van der Waals surface area (Å²) in [4.78, 5) is 0. The van der Waals surface area contributed by atoms with Crippen molar-refractivity contribution >= 4 is 0 Å². The number of aliphatic hydroxyl groups is 1. The van der Waals surface area contributed by atoms with Crippen LogP contribution in [0.25, 0.3) is 0 Å². The van der Waals surface area contributed by atoms with Crippen LogP contribution in [0.3, 0.4) is 0 Å². The molecule has 1 N–H and O–H groups in total. The van der Waals surface area contributed by atoms with Gasteiger partial charge in [0.15, 0.2) is 0 Å². The standard InChI is InChI=1S/C12H22O6/c1-2-3-4-14-6-10-8-16-12(18-10)11-15-7-9(5-13)17-11/h9-13H,2-8H2,1H3. The Labute approximate surface area is 107 Å². The lowest BCUT2D eigenvalue weighted by molar-refractivity contribution is -0.217. The van der Waals surface area contributed by atoms with E-state index in [0.29, 0.717) is 19.8 Å². The Morgan fingerprint density at radius 2 is 1.78 bits per heavy atom. The van der Waals surface area contributed by atoms with Crippen molar-refractivity contribution in [3.8, 4) is 0 Å². The van der Waals surface area contributed by atoms with Crippen molar-refractivity contribution in [3.05, 3.63) is 0 Å². The maximum atomic E-state index is 8.94. The average molecular weight is 262 g/mol. The van der Waals surface area contributed by atoms with E-state index in [0.717, 1.165) is 19.4 Å². The molecule has 2 rings (SSSR count). The molecule has 6 nitrogen and oxygen atoms in total. The molecular weight excluding hydrogens is 240 g/mol. The first-order valence-corrected chi connectivity index (χ1v) is 6.56. The van der Waals surface area contributed by atoms with E-state index in [2.05, 4.69) is 6.92 Å². The summed E-state index contributed by atoms with van der Waals surface area (Å²) < 4.78 is 27.4. The predicted molar refractivity (Wildman–Crippen MR) is 62.0 cm³/mol. The molecule has 0 aromatic heterocycles. The van der Waals surface area contributed by atoms with Gasteiger partial charge in [0.1, 0.15) is 12.2 Å². The normalized spacial score (nSPS) is 36.3. The summed E-state index contributed by atoms with van der Waals surface area (Å²) in [6.45, 7) is 4.23. The van der Waals surface area contributed by atoms with Gasteiger partial charge in [-0.3, -0.25) is 0 Å². The van der Waals surface area contributed by atoms with Gasteiger partial charge in [-0.25, -0.2) is 0 Å². The third kappa shape index (κ3) is 3.88. The fourth-order valence-corrected chi connectivity index (χ4v) is 1.87. The van der Waals surface area contributed by atoms with Gasteiger partial charge in [0, 0.05) is 6.61 Å². The van der Waals surface area contributed by atoms with Crippen LogP contribution in [0.4, 0.5) is 0 Å². The smallest absolute Gasteiger partial charge is 0.209 e. The van der Waals surface area contributed by atoms with E-state index in [1.165, 1.54) is 0 Å². The van der Waals surface area contributed by atoms with E-state index in [1.807, 2.05) is 0 Å². The number of rotatable bonds is 7. The molecular formula is C12H22O6. The Morgan fingerprint density at radius 3 is 2.39 bits per heavy atom. The van der Waals surface area contributed by atoms with Crippen LogP contribution in [0.15, 0.2) is 0 Å². The van der Waals surface area contributed by atoms with E-state index >= 15 is 0 Å². The molecule has 4 unspecified atom stereocenters. The molecule has 18 heavy (non-hydrogen) atoms. The Balaban J connectivity index is 1.62. The van der Waals surface area contributed by atoms with Crippen molar-refractivity contribution < 1.29 is 28.8 Å². The Morgan fingerprint density at radius 1 is 1.11 bits per heavy atom. The second-order valence-electron chi connectivity index (χ2n) is 4.53. The fraction of sp³-hybridized carbons (Fsp3) is 1.00. The highest BCUT2D eigenvalue weighted by atomic mass is 16.8. The topological polar surface area (TPSA) is 66.4 Å². The molecule has 0 aromatic rings. The lowest BCUT2D eigenvalue weighted by Crippen LogP contribution is -2.30. The second-order valence-corrected chi connectivity index (χ2v) is 4.53. The summed E-state index contributed by atoms with van der Waals surface area (Å²) in [7, 11) is 0. The number of ether oxygens (including phenoxy) is 5. The summed E-state index contributed by atoms with van der Waals surface area (Å²) in [5, 5.41) is 8.94. The highest BCUT2D eigenvalue weighted by Gasteiger charge is 2.39. The molecule has 2 heterocycles. The molecule has 2 saturated heterocycles. The van der Waals surface area contributed by atoms with Gasteiger partial charge in [-0.15, -0.1) is 0 Å². The lowest BCUT2D eigenvalue weighted by Gasteiger charge is -2.17. The molecule has 2 fully saturated rings. The van der Waals surface area contributed by atoms with E-state index in [1.54, 1.807) is 0 Å². The Kier molecular flexibility index (Phi) is 5.81. The molecule has 0 aromatic carbocycles. The molecule has 2 aliphatic rings. The van der Waals surface area contributed by atoms with Gasteiger partial charge < -0.3 is 28.8 Å². The number of unbranched alkanes of at least 4 members (excludes halogenated alkanes) is 1. The van der Waals surface area contributed by atoms with E-state index < -0.39 is 12.6 Å². The zero-order valence-corrected chi connectivity index (χ0v) is 10.7. The van der Waals surface area contributed by atoms with Gasteiger partial charge in [0.05, 0.1) is 26.4 Å². The molecule has 106 valence electrons. The number of hydrogen-bond acceptors (Lipinski definition) is 6. The van der Waals surface area contributed by atoms with Crippen molar-refractivity contribution in [1.29, 1.82) is 0 Å². The summed E-state index contributed by atoms with van der Waals surface area (Å²) >= 11 is 0. The van der Waals surface area contributed by atoms with Crippen LogP contribution < -0.4 is 0 Å². The maximum Gasteiger partial charge on any atom is 0.209 e. The maximum absolute atomic E-state index is 8.94. The molecule has 4 atom stereocenters. The van der Waals surface area contributed by atoms with Crippen LogP contribution >= 0.6 is 0 Å². The first kappa shape index (κ1) is 14.2. The van der Waals surface area contributed by atoms with Gasteiger partial charge in [0.2, 0.25) is 12.6 Å². The van der Waals surface area contributed by atoms with Gasteiger partial charge in [-0.1, -0.05) is 13.3 Å². The zero-order valence-electron chi connectivity index (χ0n) is 10.7. The van der Waals surface area contributed by atoms with Gasteiger partial charge in [-0.05, 0) is 6.42 Å². The minimum atomic E-state index is -0.539. The molecule has 6 heteroatoms. The van der Waals surface area contributed by atoms with Crippen LogP contribution in [-0.2, 0) is 23.7 Å². The zero-order chi connectivity index (χ0) is 12.8. The van der Waals surface area contributed by atoms with E-state index in [-0.39, 0.29) is 18.8 Å². The minimum absolute atomic E-state index is 0.0488. The summed E-state index contributed by atoms with van der Waals surface area (Å²) in [6.07, 6.45) is 0.791. The van der Waals surface area contributed by atoms with Crippen LogP contribution in [0.2, 0.25) is 0 Å². The van der Waals surface area contributed by atoms with E-state index in [4.69, 9.17) is 28.8 Å². The van der Waals surface area contributed by atoms with Crippen LogP contribution in [-0.4, -0.2) is 62.9 Å². The summed E-state index contributed by atoms with van der Waals surface area (Å²) in [5.41, 5.74) is 0. The Hall–Kier alpha value is -0.240. The minimum Gasteiger partial charge on any atom is -0.394 e. The van der Waals surface area contributed by atoms with Crippen molar-refractivity contribution in [1.82, 2.24) is 0 Å². The number of hydrogen-bond donors (Lipinski definition) is 1. The first-order valence-electron chi connectivity index (χ1n) is 6.56. The third-order valence-corrected chi connectivity index (χ3v) is 2.92. The van der Waals surface area contributed by atoms with Gasteiger partial charge in [-0.2, -0.15) is 0 Å². The second kappa shape index (κ2) is 7.37. The van der Waals surface area contributed by atoms with Gasteiger partial charge in [0.25, 0.3) is 0 Å². The van der Waals surface area contributed by atoms with Crippen molar-refractivity contribution in [2.24, 2.45) is 0 Å². The molecule has 0 bridgehead atoms.